The number of phenolic OH excluding ortho intramolecular Hbond substituents is 1. The third kappa shape index (κ3) is 5.63. The maximum Gasteiger partial charge on any atom is 0.220 e. The van der Waals surface area contributed by atoms with Gasteiger partial charge in [-0.3, -0.25) is 9.69 Å². The molecule has 0 saturated carbocycles. The lowest BCUT2D eigenvalue weighted by molar-refractivity contribution is -0.123. The lowest BCUT2D eigenvalue weighted by atomic mass is 9.88. The highest BCUT2D eigenvalue weighted by Gasteiger charge is 2.24. The second kappa shape index (κ2) is 9.64. The topological polar surface area (TPSA) is 52.6 Å². The number of hydrogen-bond acceptors (Lipinski definition) is 3. The molecule has 1 amide bonds. The Bertz CT molecular complexity index is 808. The number of rotatable bonds is 7. The Hall–Kier alpha value is -1.75. The number of phenols is 1. The molecule has 2 N–H and O–H groups in total. The Balaban J connectivity index is 1.77. The highest BCUT2D eigenvalue weighted by molar-refractivity contribution is 6.34. The fraction of sp³-hybridized carbons (Fsp3) is 0.409. The molecule has 0 spiro atoms. The number of para-hydroxylation sites is 1. The number of carbonyl (C=O) groups excluding carboxylic acids is 1. The summed E-state index contributed by atoms with van der Waals surface area (Å²) in [5, 5.41) is 14.6. The minimum absolute atomic E-state index is 0.0314. The number of amides is 1. The van der Waals surface area contributed by atoms with Crippen LogP contribution in [0, 0.1) is 5.92 Å². The Morgan fingerprint density at radius 1 is 1.21 bits per heavy atom. The van der Waals surface area contributed by atoms with Gasteiger partial charge in [0.15, 0.2) is 0 Å². The summed E-state index contributed by atoms with van der Waals surface area (Å²) in [6.45, 7) is 1.41. The average Bonchev–Trinajstić information content (AvgIpc) is 2.62. The van der Waals surface area contributed by atoms with Crippen molar-refractivity contribution in [3.63, 3.8) is 0 Å². The Labute approximate surface area is 176 Å². The number of nitrogens with one attached hydrogen (secondary N) is 1. The van der Waals surface area contributed by atoms with E-state index in [1.165, 1.54) is 0 Å². The first-order valence-corrected chi connectivity index (χ1v) is 10.4. The molecule has 3 rings (SSSR count). The van der Waals surface area contributed by atoms with E-state index in [0.717, 1.165) is 36.9 Å². The van der Waals surface area contributed by atoms with Gasteiger partial charge < -0.3 is 10.4 Å². The minimum Gasteiger partial charge on any atom is -0.508 e. The summed E-state index contributed by atoms with van der Waals surface area (Å²) < 4.78 is 0. The van der Waals surface area contributed by atoms with E-state index in [2.05, 4.69) is 10.2 Å². The van der Waals surface area contributed by atoms with Crippen LogP contribution in [0.2, 0.25) is 10.0 Å². The monoisotopic (exact) mass is 420 g/mol. The van der Waals surface area contributed by atoms with Crippen molar-refractivity contribution in [2.24, 2.45) is 5.92 Å². The third-order valence-corrected chi connectivity index (χ3v) is 5.82. The summed E-state index contributed by atoms with van der Waals surface area (Å²) in [4.78, 5) is 13.9. The summed E-state index contributed by atoms with van der Waals surface area (Å²) in [5.74, 6) is 0.818. The van der Waals surface area contributed by atoms with Crippen LogP contribution in [0.3, 0.4) is 0 Å². The average molecular weight is 421 g/mol. The molecular formula is C22H26Cl2N2O2. The molecule has 6 heteroatoms. The summed E-state index contributed by atoms with van der Waals surface area (Å²) in [6, 6.07) is 13.0. The molecule has 2 unspecified atom stereocenters. The van der Waals surface area contributed by atoms with Crippen LogP contribution in [-0.4, -0.2) is 29.5 Å². The normalized spacial score (nSPS) is 18.1. The van der Waals surface area contributed by atoms with Crippen LogP contribution in [0.15, 0.2) is 42.5 Å². The Morgan fingerprint density at radius 3 is 2.61 bits per heavy atom. The van der Waals surface area contributed by atoms with Crippen molar-refractivity contribution in [2.45, 2.75) is 38.3 Å². The molecular weight excluding hydrogens is 395 g/mol. The number of piperidine rings is 1. The van der Waals surface area contributed by atoms with Gasteiger partial charge in [-0.2, -0.15) is 0 Å². The van der Waals surface area contributed by atoms with E-state index in [-0.39, 0.29) is 11.9 Å². The Kier molecular flexibility index (Phi) is 7.22. The van der Waals surface area contributed by atoms with Crippen LogP contribution in [0.5, 0.6) is 5.75 Å². The first-order chi connectivity index (χ1) is 13.4. The molecule has 1 saturated heterocycles. The van der Waals surface area contributed by atoms with E-state index < -0.39 is 0 Å². The second-order valence-corrected chi connectivity index (χ2v) is 8.43. The Morgan fingerprint density at radius 2 is 1.93 bits per heavy atom. The van der Waals surface area contributed by atoms with Crippen molar-refractivity contribution in [2.75, 3.05) is 13.6 Å². The lowest BCUT2D eigenvalue weighted by Gasteiger charge is -2.31. The number of benzene rings is 2. The van der Waals surface area contributed by atoms with E-state index in [4.69, 9.17) is 23.2 Å². The number of nitrogens with zero attached hydrogens (tertiary/aromatic N) is 1. The van der Waals surface area contributed by atoms with Crippen LogP contribution in [0.25, 0.3) is 0 Å². The van der Waals surface area contributed by atoms with Gasteiger partial charge in [0.1, 0.15) is 5.75 Å². The van der Waals surface area contributed by atoms with E-state index in [1.54, 1.807) is 12.1 Å². The molecule has 0 bridgehead atoms. The van der Waals surface area contributed by atoms with E-state index in [9.17, 15) is 9.90 Å². The lowest BCUT2D eigenvalue weighted by Crippen LogP contribution is -2.34. The number of halogens is 2. The van der Waals surface area contributed by atoms with Crippen molar-refractivity contribution < 1.29 is 9.90 Å². The fourth-order valence-corrected chi connectivity index (χ4v) is 4.55. The van der Waals surface area contributed by atoms with Gasteiger partial charge in [0, 0.05) is 41.2 Å². The van der Waals surface area contributed by atoms with E-state index in [0.29, 0.717) is 34.7 Å². The van der Waals surface area contributed by atoms with Crippen molar-refractivity contribution >= 4 is 29.1 Å². The fourth-order valence-electron chi connectivity index (χ4n) is 3.98. The smallest absolute Gasteiger partial charge is 0.220 e. The largest absolute Gasteiger partial charge is 0.508 e. The van der Waals surface area contributed by atoms with E-state index >= 15 is 0 Å². The molecule has 0 aromatic heterocycles. The van der Waals surface area contributed by atoms with Gasteiger partial charge >= 0.3 is 0 Å². The van der Waals surface area contributed by atoms with Gasteiger partial charge in [-0.1, -0.05) is 41.4 Å². The molecule has 1 aliphatic heterocycles. The summed E-state index contributed by atoms with van der Waals surface area (Å²) in [5.41, 5.74) is 1.93. The predicted octanol–water partition coefficient (Wildman–Crippen LogP) is 5.18. The van der Waals surface area contributed by atoms with Crippen molar-refractivity contribution in [1.82, 2.24) is 10.2 Å². The van der Waals surface area contributed by atoms with Gasteiger partial charge in [0.25, 0.3) is 0 Å². The van der Waals surface area contributed by atoms with Crippen LogP contribution < -0.4 is 5.32 Å². The highest BCUT2D eigenvalue weighted by atomic mass is 35.5. The first-order valence-electron chi connectivity index (χ1n) is 9.62. The molecule has 1 aliphatic rings. The maximum atomic E-state index is 11.7. The van der Waals surface area contributed by atoms with Gasteiger partial charge in [0.05, 0.1) is 0 Å². The molecule has 1 fully saturated rings. The van der Waals surface area contributed by atoms with Crippen LogP contribution in [0.1, 0.15) is 42.9 Å². The van der Waals surface area contributed by atoms with E-state index in [1.807, 2.05) is 37.4 Å². The molecule has 2 atom stereocenters. The molecule has 0 radical (unpaired) electrons. The minimum atomic E-state index is 0.0314. The molecule has 2 aromatic carbocycles. The van der Waals surface area contributed by atoms with Crippen molar-refractivity contribution in [3.05, 3.63) is 63.6 Å². The van der Waals surface area contributed by atoms with Crippen molar-refractivity contribution in [1.29, 1.82) is 0 Å². The summed E-state index contributed by atoms with van der Waals surface area (Å²) in [6.07, 6.45) is 3.39. The van der Waals surface area contributed by atoms with Crippen LogP contribution in [0.4, 0.5) is 0 Å². The van der Waals surface area contributed by atoms with Gasteiger partial charge in [-0.25, -0.2) is 0 Å². The first kappa shape index (κ1) is 21.0. The number of carbonyl (C=O) groups is 1. The maximum absolute atomic E-state index is 11.7. The van der Waals surface area contributed by atoms with Gasteiger partial charge in [-0.05, 0) is 62.1 Å². The second-order valence-electron chi connectivity index (χ2n) is 7.55. The zero-order valence-corrected chi connectivity index (χ0v) is 17.5. The van der Waals surface area contributed by atoms with Crippen LogP contribution >= 0.6 is 23.2 Å². The quantitative estimate of drug-likeness (QED) is 0.648. The van der Waals surface area contributed by atoms with Gasteiger partial charge in [-0.15, -0.1) is 0 Å². The van der Waals surface area contributed by atoms with Crippen molar-refractivity contribution in [3.8, 4) is 5.75 Å². The predicted molar refractivity (Wildman–Crippen MR) is 114 cm³/mol. The van der Waals surface area contributed by atoms with Crippen LogP contribution in [-0.2, 0) is 11.3 Å². The zero-order chi connectivity index (χ0) is 20.1. The highest BCUT2D eigenvalue weighted by Crippen LogP contribution is 2.35. The zero-order valence-electron chi connectivity index (χ0n) is 16.0. The molecule has 0 aliphatic carbocycles. The molecule has 1 heterocycles. The number of aromatic hydroxyl groups is 1. The molecule has 2 aromatic rings. The summed E-state index contributed by atoms with van der Waals surface area (Å²) >= 11 is 12.3. The molecule has 4 nitrogen and oxygen atoms in total. The third-order valence-electron chi connectivity index (χ3n) is 5.38. The molecule has 28 heavy (non-hydrogen) atoms. The standard InChI is InChI=1S/C22H26Cl2N2O2/c1-26(14-16-10-17(23)13-18(24)11-16)20(19-4-2-3-5-21(19)27)7-6-15-8-9-25-22(28)12-15/h2-5,10-11,13,15,20,27H,6-9,12,14H2,1H3,(H,25,28). The molecule has 150 valence electrons. The number of hydrogen-bond donors (Lipinski definition) is 2. The SMILES string of the molecule is CN(Cc1cc(Cl)cc(Cl)c1)C(CCC1CCNC(=O)C1)c1ccccc1O. The van der Waals surface area contributed by atoms with Gasteiger partial charge in [0.2, 0.25) is 5.91 Å². The summed E-state index contributed by atoms with van der Waals surface area (Å²) in [7, 11) is 2.04.